The van der Waals surface area contributed by atoms with Gasteiger partial charge in [0.2, 0.25) is 0 Å². The van der Waals surface area contributed by atoms with E-state index in [1.807, 2.05) is 31.2 Å². The molecule has 5 nitrogen and oxygen atoms in total. The molecule has 0 bridgehead atoms. The number of aliphatic hydroxyl groups excluding tert-OH is 1. The van der Waals surface area contributed by atoms with Crippen molar-refractivity contribution in [2.45, 2.75) is 13.5 Å². The molecule has 0 atom stereocenters. The topological polar surface area (TPSA) is 73.3 Å². The van der Waals surface area contributed by atoms with Crippen molar-refractivity contribution in [3.05, 3.63) is 30.5 Å². The maximum atomic E-state index is 8.99. The Morgan fingerprint density at radius 3 is 2.67 bits per heavy atom. The van der Waals surface area contributed by atoms with E-state index in [2.05, 4.69) is 5.10 Å². The SMILES string of the molecule is CCOc1ccc(-c2c(N)cnn2CCO)cc1. The van der Waals surface area contributed by atoms with Crippen LogP contribution in [0, 0.1) is 0 Å². The standard InChI is InChI=1S/C13H17N3O2/c1-2-18-11-5-3-10(4-6-11)13-12(14)9-15-16(13)7-8-17/h3-6,9,17H,2,7-8,14H2,1H3. The number of nitrogens with zero attached hydrogens (tertiary/aromatic N) is 2. The summed E-state index contributed by atoms with van der Waals surface area (Å²) in [5.74, 6) is 0.827. The summed E-state index contributed by atoms with van der Waals surface area (Å²) in [4.78, 5) is 0. The molecule has 1 aromatic heterocycles. The van der Waals surface area contributed by atoms with Crippen molar-refractivity contribution >= 4 is 5.69 Å². The van der Waals surface area contributed by atoms with Gasteiger partial charge in [0.15, 0.2) is 0 Å². The number of hydrogen-bond acceptors (Lipinski definition) is 4. The number of rotatable bonds is 5. The van der Waals surface area contributed by atoms with Gasteiger partial charge in [-0.05, 0) is 31.2 Å². The third-order valence-corrected chi connectivity index (χ3v) is 2.62. The van der Waals surface area contributed by atoms with E-state index in [0.717, 1.165) is 17.0 Å². The Morgan fingerprint density at radius 1 is 1.33 bits per heavy atom. The summed E-state index contributed by atoms with van der Waals surface area (Å²) in [5, 5.41) is 13.1. The summed E-state index contributed by atoms with van der Waals surface area (Å²) in [5.41, 5.74) is 8.29. The molecule has 0 saturated heterocycles. The molecule has 1 aromatic carbocycles. The minimum absolute atomic E-state index is 0.0329. The van der Waals surface area contributed by atoms with Crippen LogP contribution in [0.1, 0.15) is 6.92 Å². The van der Waals surface area contributed by atoms with Gasteiger partial charge in [0.25, 0.3) is 0 Å². The van der Waals surface area contributed by atoms with Crippen LogP contribution in [-0.4, -0.2) is 28.1 Å². The van der Waals surface area contributed by atoms with Gasteiger partial charge < -0.3 is 15.6 Å². The largest absolute Gasteiger partial charge is 0.494 e. The van der Waals surface area contributed by atoms with Crippen LogP contribution in [0.15, 0.2) is 30.5 Å². The maximum Gasteiger partial charge on any atom is 0.119 e. The maximum absolute atomic E-state index is 8.99. The molecule has 0 aliphatic carbocycles. The lowest BCUT2D eigenvalue weighted by Crippen LogP contribution is -2.06. The number of hydrogen-bond donors (Lipinski definition) is 2. The van der Waals surface area contributed by atoms with Gasteiger partial charge >= 0.3 is 0 Å². The number of nitrogens with two attached hydrogens (primary N) is 1. The van der Waals surface area contributed by atoms with Crippen LogP contribution in [0.4, 0.5) is 5.69 Å². The lowest BCUT2D eigenvalue weighted by Gasteiger charge is -2.08. The Morgan fingerprint density at radius 2 is 2.06 bits per heavy atom. The monoisotopic (exact) mass is 247 g/mol. The van der Waals surface area contributed by atoms with Crippen LogP contribution < -0.4 is 10.5 Å². The molecule has 0 saturated carbocycles. The van der Waals surface area contributed by atoms with Crippen molar-refractivity contribution in [2.75, 3.05) is 18.9 Å². The molecule has 96 valence electrons. The highest BCUT2D eigenvalue weighted by Gasteiger charge is 2.10. The lowest BCUT2D eigenvalue weighted by molar-refractivity contribution is 0.270. The van der Waals surface area contributed by atoms with Gasteiger partial charge in [0, 0.05) is 5.56 Å². The molecule has 2 aromatic rings. The molecule has 1 heterocycles. The van der Waals surface area contributed by atoms with Crippen LogP contribution in [0.3, 0.4) is 0 Å². The number of nitrogen functional groups attached to an aromatic ring is 1. The molecule has 5 heteroatoms. The van der Waals surface area contributed by atoms with E-state index in [-0.39, 0.29) is 6.61 Å². The molecule has 0 radical (unpaired) electrons. The first-order valence-corrected chi connectivity index (χ1v) is 5.91. The molecular formula is C13H17N3O2. The van der Waals surface area contributed by atoms with Gasteiger partial charge in [0.05, 0.1) is 37.3 Å². The fourth-order valence-corrected chi connectivity index (χ4v) is 1.86. The minimum Gasteiger partial charge on any atom is -0.494 e. The van der Waals surface area contributed by atoms with E-state index in [4.69, 9.17) is 15.6 Å². The fourth-order valence-electron chi connectivity index (χ4n) is 1.86. The van der Waals surface area contributed by atoms with Crippen LogP contribution in [0.25, 0.3) is 11.3 Å². The van der Waals surface area contributed by atoms with E-state index >= 15 is 0 Å². The minimum atomic E-state index is 0.0329. The van der Waals surface area contributed by atoms with E-state index in [9.17, 15) is 0 Å². The van der Waals surface area contributed by atoms with Gasteiger partial charge in [0.1, 0.15) is 5.75 Å². The van der Waals surface area contributed by atoms with Crippen molar-refractivity contribution in [1.82, 2.24) is 9.78 Å². The molecule has 2 rings (SSSR count). The van der Waals surface area contributed by atoms with Crippen molar-refractivity contribution in [3.63, 3.8) is 0 Å². The number of aromatic nitrogens is 2. The zero-order valence-corrected chi connectivity index (χ0v) is 10.3. The summed E-state index contributed by atoms with van der Waals surface area (Å²) in [7, 11) is 0. The first-order valence-electron chi connectivity index (χ1n) is 5.91. The second-order valence-corrected chi connectivity index (χ2v) is 3.85. The van der Waals surface area contributed by atoms with Crippen LogP contribution in [-0.2, 0) is 6.54 Å². The van der Waals surface area contributed by atoms with Crippen LogP contribution in [0.5, 0.6) is 5.75 Å². The molecule has 0 spiro atoms. The molecular weight excluding hydrogens is 230 g/mol. The average Bonchev–Trinajstić information content (AvgIpc) is 2.73. The zero-order valence-electron chi connectivity index (χ0n) is 10.3. The van der Waals surface area contributed by atoms with Crippen molar-refractivity contribution in [1.29, 1.82) is 0 Å². The van der Waals surface area contributed by atoms with Gasteiger partial charge in [-0.1, -0.05) is 0 Å². The van der Waals surface area contributed by atoms with E-state index in [0.29, 0.717) is 18.8 Å². The lowest BCUT2D eigenvalue weighted by atomic mass is 10.1. The Hall–Kier alpha value is -2.01. The summed E-state index contributed by atoms with van der Waals surface area (Å²) >= 11 is 0. The summed E-state index contributed by atoms with van der Waals surface area (Å²) in [6.07, 6.45) is 1.60. The van der Waals surface area contributed by atoms with E-state index in [1.54, 1.807) is 10.9 Å². The molecule has 0 aliphatic heterocycles. The first kappa shape index (κ1) is 12.4. The van der Waals surface area contributed by atoms with Crippen LogP contribution in [0.2, 0.25) is 0 Å². The summed E-state index contributed by atoms with van der Waals surface area (Å²) in [6.45, 7) is 3.05. The Bertz CT molecular complexity index is 505. The normalized spacial score (nSPS) is 10.6. The van der Waals surface area contributed by atoms with Gasteiger partial charge in [-0.15, -0.1) is 0 Å². The smallest absolute Gasteiger partial charge is 0.119 e. The highest BCUT2D eigenvalue weighted by molar-refractivity contribution is 5.72. The number of benzene rings is 1. The summed E-state index contributed by atoms with van der Waals surface area (Å²) < 4.78 is 7.09. The fraction of sp³-hybridized carbons (Fsp3) is 0.308. The van der Waals surface area contributed by atoms with E-state index < -0.39 is 0 Å². The first-order chi connectivity index (χ1) is 8.76. The van der Waals surface area contributed by atoms with Gasteiger partial charge in [-0.2, -0.15) is 5.10 Å². The predicted molar refractivity (Wildman–Crippen MR) is 70.3 cm³/mol. The molecule has 3 N–H and O–H groups in total. The van der Waals surface area contributed by atoms with Crippen molar-refractivity contribution in [2.24, 2.45) is 0 Å². The number of aliphatic hydroxyl groups is 1. The molecule has 0 fully saturated rings. The number of ether oxygens (including phenoxy) is 1. The van der Waals surface area contributed by atoms with E-state index in [1.165, 1.54) is 0 Å². The second-order valence-electron chi connectivity index (χ2n) is 3.85. The average molecular weight is 247 g/mol. The summed E-state index contributed by atoms with van der Waals surface area (Å²) in [6, 6.07) is 7.67. The molecule has 18 heavy (non-hydrogen) atoms. The molecule has 0 aliphatic rings. The Labute approximate surface area is 106 Å². The molecule has 0 amide bonds. The third-order valence-electron chi connectivity index (χ3n) is 2.62. The Kier molecular flexibility index (Phi) is 3.84. The van der Waals surface area contributed by atoms with Gasteiger partial charge in [-0.25, -0.2) is 0 Å². The quantitative estimate of drug-likeness (QED) is 0.840. The highest BCUT2D eigenvalue weighted by Crippen LogP contribution is 2.27. The predicted octanol–water partition coefficient (Wildman–Crippen LogP) is 1.52. The van der Waals surface area contributed by atoms with Crippen molar-refractivity contribution < 1.29 is 9.84 Å². The molecule has 0 unspecified atom stereocenters. The number of anilines is 1. The Balaban J connectivity index is 2.32. The third kappa shape index (κ3) is 2.46. The second kappa shape index (κ2) is 5.55. The van der Waals surface area contributed by atoms with Crippen molar-refractivity contribution in [3.8, 4) is 17.0 Å². The van der Waals surface area contributed by atoms with Gasteiger partial charge in [-0.3, -0.25) is 4.68 Å². The van der Waals surface area contributed by atoms with Crippen LogP contribution >= 0.6 is 0 Å². The highest BCUT2D eigenvalue weighted by atomic mass is 16.5. The zero-order chi connectivity index (χ0) is 13.0.